The van der Waals surface area contributed by atoms with Crippen molar-refractivity contribution in [1.29, 1.82) is 0 Å². The van der Waals surface area contributed by atoms with Gasteiger partial charge >= 0.3 is 5.97 Å². The molecule has 0 spiro atoms. The standard InChI is InChI=1S/C9H6N2O2/c12-9(13)7-1-2-10-3-6-4-11-5-8(6)7/h1-5H,(H,12,13). The first-order chi connectivity index (χ1) is 6.29. The lowest BCUT2D eigenvalue weighted by molar-refractivity contribution is 0.0698. The van der Waals surface area contributed by atoms with Gasteiger partial charge in [-0.05, 0) is 6.07 Å². The van der Waals surface area contributed by atoms with E-state index in [1.54, 1.807) is 12.4 Å². The normalized spacial score (nSPS) is 10.2. The van der Waals surface area contributed by atoms with Gasteiger partial charge in [0, 0.05) is 35.9 Å². The molecule has 0 unspecified atom stereocenters. The average molecular weight is 174 g/mol. The van der Waals surface area contributed by atoms with E-state index in [1.165, 1.54) is 18.5 Å². The van der Waals surface area contributed by atoms with Gasteiger partial charge in [-0.15, -0.1) is 0 Å². The summed E-state index contributed by atoms with van der Waals surface area (Å²) >= 11 is 0. The van der Waals surface area contributed by atoms with Gasteiger partial charge in [0.05, 0.1) is 5.56 Å². The molecule has 2 aliphatic heterocycles. The van der Waals surface area contributed by atoms with Crippen LogP contribution in [-0.4, -0.2) is 21.0 Å². The molecule has 0 aromatic rings. The highest BCUT2D eigenvalue weighted by atomic mass is 16.4. The lowest BCUT2D eigenvalue weighted by Crippen LogP contribution is -1.95. The molecule has 0 atom stereocenters. The third-order valence-corrected chi connectivity index (χ3v) is 1.79. The molecule has 4 heteroatoms. The molecule has 0 fully saturated rings. The first kappa shape index (κ1) is 7.67. The van der Waals surface area contributed by atoms with Crippen molar-refractivity contribution in [3.05, 3.63) is 36.4 Å². The molecule has 0 aromatic heterocycles. The molecule has 0 bridgehead atoms. The Hall–Kier alpha value is -1.97. The Morgan fingerprint density at radius 2 is 2.00 bits per heavy atom. The summed E-state index contributed by atoms with van der Waals surface area (Å²) in [6.45, 7) is 0. The van der Waals surface area contributed by atoms with Gasteiger partial charge in [0.2, 0.25) is 0 Å². The molecule has 13 heavy (non-hydrogen) atoms. The number of rotatable bonds is 1. The van der Waals surface area contributed by atoms with Gasteiger partial charge in [0.25, 0.3) is 0 Å². The van der Waals surface area contributed by atoms with Gasteiger partial charge in [-0.25, -0.2) is 4.79 Å². The van der Waals surface area contributed by atoms with Crippen LogP contribution in [0.2, 0.25) is 0 Å². The smallest absolute Gasteiger partial charge is 0.336 e. The summed E-state index contributed by atoms with van der Waals surface area (Å²) in [6, 6.07) is 1.46. The van der Waals surface area contributed by atoms with Crippen LogP contribution in [0, 0.1) is 0 Å². The van der Waals surface area contributed by atoms with E-state index < -0.39 is 5.97 Å². The highest BCUT2D eigenvalue weighted by Crippen LogP contribution is 2.22. The highest BCUT2D eigenvalue weighted by Gasteiger charge is 2.12. The average Bonchev–Trinajstić information content (AvgIpc) is 2.44. The number of carboxylic acid groups (broad SMARTS) is 1. The minimum absolute atomic E-state index is 0.227. The van der Waals surface area contributed by atoms with Gasteiger partial charge in [0.1, 0.15) is 0 Å². The van der Waals surface area contributed by atoms with Crippen LogP contribution in [0.25, 0.3) is 11.1 Å². The second-order valence-corrected chi connectivity index (χ2v) is 2.59. The van der Waals surface area contributed by atoms with E-state index in [0.29, 0.717) is 5.56 Å². The Labute approximate surface area is 74.2 Å². The number of hydrogen-bond donors (Lipinski definition) is 1. The summed E-state index contributed by atoms with van der Waals surface area (Å²) in [4.78, 5) is 18.6. The minimum atomic E-state index is -0.962. The zero-order valence-corrected chi connectivity index (χ0v) is 6.64. The number of nitrogens with zero attached hydrogens (tertiary/aromatic N) is 2. The summed E-state index contributed by atoms with van der Waals surface area (Å²) in [6.07, 6.45) is 6.17. The molecule has 2 rings (SSSR count). The number of fused-ring (bicyclic) bond motifs is 1. The molecule has 0 aromatic carbocycles. The first-order valence-electron chi connectivity index (χ1n) is 3.70. The van der Waals surface area contributed by atoms with E-state index >= 15 is 0 Å². The van der Waals surface area contributed by atoms with Crippen molar-refractivity contribution in [3.63, 3.8) is 0 Å². The molecule has 1 N–H and O–H groups in total. The molecule has 2 aliphatic rings. The van der Waals surface area contributed by atoms with Gasteiger partial charge in [-0.2, -0.15) is 0 Å². The number of carbonyl (C=O) groups is 1. The minimum Gasteiger partial charge on any atom is -0.478 e. The molecule has 0 saturated carbocycles. The van der Waals surface area contributed by atoms with Crippen LogP contribution in [0.3, 0.4) is 0 Å². The second-order valence-electron chi connectivity index (χ2n) is 2.59. The van der Waals surface area contributed by atoms with Gasteiger partial charge in [-0.1, -0.05) is 0 Å². The Bertz CT molecular complexity index is 428. The Balaban J connectivity index is 2.74. The molecule has 64 valence electrons. The molecule has 2 heterocycles. The number of aromatic nitrogens is 2. The van der Waals surface area contributed by atoms with Crippen molar-refractivity contribution in [2.45, 2.75) is 0 Å². The third-order valence-electron chi connectivity index (χ3n) is 1.79. The van der Waals surface area contributed by atoms with E-state index in [0.717, 1.165) is 5.56 Å². The third kappa shape index (κ3) is 1.22. The molecule has 0 amide bonds. The maximum absolute atomic E-state index is 10.8. The number of aromatic carboxylic acids is 1. The Kier molecular flexibility index (Phi) is 1.66. The Morgan fingerprint density at radius 3 is 2.77 bits per heavy atom. The molecule has 4 nitrogen and oxygen atoms in total. The quantitative estimate of drug-likeness (QED) is 0.707. The van der Waals surface area contributed by atoms with Crippen molar-refractivity contribution >= 4 is 5.97 Å². The summed E-state index contributed by atoms with van der Waals surface area (Å²) in [7, 11) is 0. The Morgan fingerprint density at radius 1 is 1.23 bits per heavy atom. The lowest BCUT2D eigenvalue weighted by atomic mass is 10.1. The van der Waals surface area contributed by atoms with Crippen LogP contribution in [0.15, 0.2) is 30.9 Å². The first-order valence-corrected chi connectivity index (χ1v) is 3.70. The second kappa shape index (κ2) is 2.82. The number of hydrogen-bond acceptors (Lipinski definition) is 3. The summed E-state index contributed by atoms with van der Waals surface area (Å²) < 4.78 is 0. The largest absolute Gasteiger partial charge is 0.478 e. The summed E-state index contributed by atoms with van der Waals surface area (Å²) in [5.41, 5.74) is 1.58. The monoisotopic (exact) mass is 174 g/mol. The van der Waals surface area contributed by atoms with Crippen LogP contribution in [0.4, 0.5) is 0 Å². The molecule has 0 saturated heterocycles. The molecule has 0 radical (unpaired) electrons. The maximum atomic E-state index is 10.8. The van der Waals surface area contributed by atoms with Crippen LogP contribution in [0.5, 0.6) is 0 Å². The number of carboxylic acids is 1. The predicted octanol–water partition coefficient (Wildman–Crippen LogP) is 1.28. The van der Waals surface area contributed by atoms with Crippen LogP contribution in [-0.2, 0) is 0 Å². The zero-order chi connectivity index (χ0) is 9.26. The van der Waals surface area contributed by atoms with E-state index in [4.69, 9.17) is 5.11 Å². The molecule has 0 aliphatic carbocycles. The summed E-state index contributed by atoms with van der Waals surface area (Å²) in [5.74, 6) is -0.962. The van der Waals surface area contributed by atoms with Crippen molar-refractivity contribution in [3.8, 4) is 11.1 Å². The van der Waals surface area contributed by atoms with Crippen LogP contribution >= 0.6 is 0 Å². The fraction of sp³-hybridized carbons (Fsp3) is 0. The van der Waals surface area contributed by atoms with Crippen LogP contribution in [0.1, 0.15) is 10.4 Å². The highest BCUT2D eigenvalue weighted by molar-refractivity contribution is 5.95. The predicted molar refractivity (Wildman–Crippen MR) is 45.6 cm³/mol. The van der Waals surface area contributed by atoms with E-state index in [2.05, 4.69) is 9.97 Å². The topological polar surface area (TPSA) is 63.1 Å². The van der Waals surface area contributed by atoms with Gasteiger partial charge < -0.3 is 5.11 Å². The molecular weight excluding hydrogens is 168 g/mol. The fourth-order valence-electron chi connectivity index (χ4n) is 1.18. The summed E-state index contributed by atoms with van der Waals surface area (Å²) in [5, 5.41) is 8.86. The van der Waals surface area contributed by atoms with E-state index in [1.807, 2.05) is 0 Å². The van der Waals surface area contributed by atoms with Gasteiger partial charge in [-0.3, -0.25) is 9.97 Å². The zero-order valence-electron chi connectivity index (χ0n) is 6.64. The van der Waals surface area contributed by atoms with Crippen molar-refractivity contribution in [2.24, 2.45) is 0 Å². The lowest BCUT2D eigenvalue weighted by Gasteiger charge is -1.94. The van der Waals surface area contributed by atoms with Crippen LogP contribution < -0.4 is 0 Å². The van der Waals surface area contributed by atoms with E-state index in [9.17, 15) is 4.79 Å². The fourth-order valence-corrected chi connectivity index (χ4v) is 1.18. The maximum Gasteiger partial charge on any atom is 0.336 e. The van der Waals surface area contributed by atoms with Gasteiger partial charge in [0.15, 0.2) is 0 Å². The van der Waals surface area contributed by atoms with Crippen molar-refractivity contribution in [1.82, 2.24) is 9.97 Å². The SMILES string of the molecule is O=C(O)c1ccncc2cncc1-2. The van der Waals surface area contributed by atoms with Crippen molar-refractivity contribution < 1.29 is 9.90 Å². The molecular formula is C9H6N2O2. The van der Waals surface area contributed by atoms with Crippen molar-refractivity contribution in [2.75, 3.05) is 0 Å². The van der Waals surface area contributed by atoms with E-state index in [-0.39, 0.29) is 5.56 Å².